The van der Waals surface area contributed by atoms with Crippen LogP contribution in [0, 0.1) is 0 Å². The Kier molecular flexibility index (Phi) is 4.48. The summed E-state index contributed by atoms with van der Waals surface area (Å²) in [5.74, 6) is 0.231. The molecule has 1 N–H and O–H groups in total. The highest BCUT2D eigenvalue weighted by Gasteiger charge is 2.31. The third kappa shape index (κ3) is 2.92. The maximum atomic E-state index is 12.1. The standard InChI is InChI=1S/C7H6ClF3N2.ClH/c1-12-6-5(8)2-4(3-13-6)7(9,10)11;/h2-3H,1H3,(H,12,13);1H. The van der Waals surface area contributed by atoms with Crippen molar-refractivity contribution >= 4 is 29.8 Å². The van der Waals surface area contributed by atoms with Gasteiger partial charge in [0, 0.05) is 13.2 Å². The van der Waals surface area contributed by atoms with Gasteiger partial charge in [0.2, 0.25) is 0 Å². The zero-order valence-corrected chi connectivity index (χ0v) is 8.59. The number of nitrogens with one attached hydrogen (secondary N) is 1. The molecule has 0 aliphatic carbocycles. The SMILES string of the molecule is CNc1ncc(C(F)(F)F)cc1Cl.Cl. The van der Waals surface area contributed by atoms with Crippen LogP contribution >= 0.6 is 24.0 Å². The highest BCUT2D eigenvalue weighted by molar-refractivity contribution is 6.32. The molecule has 0 fully saturated rings. The van der Waals surface area contributed by atoms with Crippen molar-refractivity contribution in [2.45, 2.75) is 6.18 Å². The third-order valence-electron chi connectivity index (χ3n) is 1.41. The minimum atomic E-state index is -4.40. The van der Waals surface area contributed by atoms with E-state index in [1.54, 1.807) is 0 Å². The van der Waals surface area contributed by atoms with Gasteiger partial charge in [-0.25, -0.2) is 4.98 Å². The first-order chi connectivity index (χ1) is 5.95. The van der Waals surface area contributed by atoms with Crippen molar-refractivity contribution in [1.82, 2.24) is 4.98 Å². The molecule has 0 saturated carbocycles. The van der Waals surface area contributed by atoms with Crippen molar-refractivity contribution in [3.8, 4) is 0 Å². The number of halogens is 5. The molecule has 0 aromatic carbocycles. The summed E-state index contributed by atoms with van der Waals surface area (Å²) in [5, 5.41) is 2.52. The highest BCUT2D eigenvalue weighted by atomic mass is 35.5. The molecule has 1 rings (SSSR count). The Labute approximate surface area is 89.9 Å². The van der Waals surface area contributed by atoms with Crippen LogP contribution in [0.2, 0.25) is 5.02 Å². The van der Waals surface area contributed by atoms with Crippen molar-refractivity contribution in [2.75, 3.05) is 12.4 Å². The Hall–Kier alpha value is -0.680. The Bertz CT molecular complexity index is 314. The molecule has 0 spiro atoms. The summed E-state index contributed by atoms with van der Waals surface area (Å²) in [6, 6.07) is 0.834. The summed E-state index contributed by atoms with van der Waals surface area (Å²) < 4.78 is 36.3. The van der Waals surface area contributed by atoms with E-state index in [4.69, 9.17) is 11.6 Å². The molecule has 0 aliphatic heterocycles. The van der Waals surface area contributed by atoms with E-state index in [-0.39, 0.29) is 23.2 Å². The van der Waals surface area contributed by atoms with Crippen LogP contribution in [0.4, 0.5) is 19.0 Å². The number of alkyl halides is 3. The number of hydrogen-bond donors (Lipinski definition) is 1. The topological polar surface area (TPSA) is 24.9 Å². The number of anilines is 1. The number of nitrogens with zero attached hydrogens (tertiary/aromatic N) is 1. The van der Waals surface area contributed by atoms with Gasteiger partial charge in [-0.15, -0.1) is 12.4 Å². The summed E-state index contributed by atoms with van der Waals surface area (Å²) in [6.45, 7) is 0. The van der Waals surface area contributed by atoms with Gasteiger partial charge in [-0.05, 0) is 6.07 Å². The maximum Gasteiger partial charge on any atom is 0.417 e. The molecule has 2 nitrogen and oxygen atoms in total. The summed E-state index contributed by atoms with van der Waals surface area (Å²) >= 11 is 5.51. The van der Waals surface area contributed by atoms with Crippen LogP contribution in [0.25, 0.3) is 0 Å². The molecule has 0 radical (unpaired) electrons. The molecular weight excluding hydrogens is 240 g/mol. The Morgan fingerprint density at radius 3 is 2.36 bits per heavy atom. The molecule has 7 heteroatoms. The zero-order chi connectivity index (χ0) is 10.1. The predicted molar refractivity (Wildman–Crippen MR) is 51.0 cm³/mol. The molecule has 80 valence electrons. The van der Waals surface area contributed by atoms with Gasteiger partial charge >= 0.3 is 6.18 Å². The normalized spacial score (nSPS) is 10.6. The molecule has 0 atom stereocenters. The lowest BCUT2D eigenvalue weighted by atomic mass is 10.3. The van der Waals surface area contributed by atoms with Gasteiger partial charge in [0.1, 0.15) is 5.82 Å². The van der Waals surface area contributed by atoms with E-state index in [0.717, 1.165) is 12.3 Å². The molecule has 0 aliphatic rings. The van der Waals surface area contributed by atoms with Gasteiger partial charge in [-0.2, -0.15) is 13.2 Å². The molecule has 14 heavy (non-hydrogen) atoms. The number of pyridine rings is 1. The van der Waals surface area contributed by atoms with E-state index in [1.165, 1.54) is 7.05 Å². The second-order valence-electron chi connectivity index (χ2n) is 2.30. The van der Waals surface area contributed by atoms with E-state index in [9.17, 15) is 13.2 Å². The van der Waals surface area contributed by atoms with Crippen LogP contribution in [0.3, 0.4) is 0 Å². The molecule has 1 aromatic heterocycles. The van der Waals surface area contributed by atoms with Crippen molar-refractivity contribution in [2.24, 2.45) is 0 Å². The van der Waals surface area contributed by atoms with E-state index in [0.29, 0.717) is 0 Å². The minimum Gasteiger partial charge on any atom is -0.372 e. The van der Waals surface area contributed by atoms with Gasteiger partial charge in [-0.1, -0.05) is 11.6 Å². The Balaban J connectivity index is 0.00000169. The lowest BCUT2D eigenvalue weighted by molar-refractivity contribution is -0.137. The summed E-state index contributed by atoms with van der Waals surface area (Å²) in [6.07, 6.45) is -3.67. The van der Waals surface area contributed by atoms with Crippen LogP contribution in [0.5, 0.6) is 0 Å². The monoisotopic (exact) mass is 246 g/mol. The van der Waals surface area contributed by atoms with Gasteiger partial charge in [0.25, 0.3) is 0 Å². The van der Waals surface area contributed by atoms with Crippen molar-refractivity contribution < 1.29 is 13.2 Å². The number of rotatable bonds is 1. The Morgan fingerprint density at radius 1 is 1.43 bits per heavy atom. The van der Waals surface area contributed by atoms with Crippen LogP contribution in [0.15, 0.2) is 12.3 Å². The first-order valence-corrected chi connectivity index (χ1v) is 3.73. The van der Waals surface area contributed by atoms with E-state index in [2.05, 4.69) is 10.3 Å². The zero-order valence-electron chi connectivity index (χ0n) is 7.02. The van der Waals surface area contributed by atoms with Crippen LogP contribution < -0.4 is 5.32 Å². The molecule has 0 amide bonds. The first kappa shape index (κ1) is 13.3. The van der Waals surface area contributed by atoms with Gasteiger partial charge < -0.3 is 5.32 Å². The lowest BCUT2D eigenvalue weighted by Crippen LogP contribution is -2.06. The first-order valence-electron chi connectivity index (χ1n) is 3.35. The van der Waals surface area contributed by atoms with Gasteiger partial charge in [0.15, 0.2) is 0 Å². The third-order valence-corrected chi connectivity index (χ3v) is 1.69. The van der Waals surface area contributed by atoms with Crippen LogP contribution in [-0.4, -0.2) is 12.0 Å². The fourth-order valence-electron chi connectivity index (χ4n) is 0.777. The summed E-state index contributed by atoms with van der Waals surface area (Å²) in [5.41, 5.74) is -0.850. The van der Waals surface area contributed by atoms with Gasteiger partial charge in [0.05, 0.1) is 10.6 Å². The number of aromatic nitrogens is 1. The average molecular weight is 247 g/mol. The van der Waals surface area contributed by atoms with E-state index < -0.39 is 11.7 Å². The molecule has 0 saturated heterocycles. The van der Waals surface area contributed by atoms with Crippen LogP contribution in [-0.2, 0) is 6.18 Å². The Morgan fingerprint density at radius 2 is 2.00 bits per heavy atom. The van der Waals surface area contributed by atoms with Crippen molar-refractivity contribution in [1.29, 1.82) is 0 Å². The maximum absolute atomic E-state index is 12.1. The highest BCUT2D eigenvalue weighted by Crippen LogP contribution is 2.31. The largest absolute Gasteiger partial charge is 0.417 e. The second-order valence-corrected chi connectivity index (χ2v) is 2.71. The van der Waals surface area contributed by atoms with Crippen LogP contribution in [0.1, 0.15) is 5.56 Å². The smallest absolute Gasteiger partial charge is 0.372 e. The van der Waals surface area contributed by atoms with Gasteiger partial charge in [-0.3, -0.25) is 0 Å². The number of hydrogen-bond acceptors (Lipinski definition) is 2. The fraction of sp³-hybridized carbons (Fsp3) is 0.286. The molecule has 1 heterocycles. The average Bonchev–Trinajstić information content (AvgIpc) is 2.02. The molecule has 0 bridgehead atoms. The summed E-state index contributed by atoms with van der Waals surface area (Å²) in [7, 11) is 1.53. The minimum absolute atomic E-state index is 0. The predicted octanol–water partition coefficient (Wildman–Crippen LogP) is 3.22. The molecule has 0 unspecified atom stereocenters. The second kappa shape index (κ2) is 4.70. The van der Waals surface area contributed by atoms with E-state index in [1.807, 2.05) is 0 Å². The van der Waals surface area contributed by atoms with Crippen molar-refractivity contribution in [3.63, 3.8) is 0 Å². The molecule has 1 aromatic rings. The lowest BCUT2D eigenvalue weighted by Gasteiger charge is -2.08. The van der Waals surface area contributed by atoms with Crippen molar-refractivity contribution in [3.05, 3.63) is 22.8 Å². The summed E-state index contributed by atoms with van der Waals surface area (Å²) in [4.78, 5) is 3.50. The fourth-order valence-corrected chi connectivity index (χ4v) is 1.04. The van der Waals surface area contributed by atoms with E-state index >= 15 is 0 Å². The quantitative estimate of drug-likeness (QED) is 0.824. The molecular formula is C7H7Cl2F3N2.